The lowest BCUT2D eigenvalue weighted by molar-refractivity contribution is -0.137. The number of hydrogen-bond donors (Lipinski definition) is 1. The van der Waals surface area contributed by atoms with Gasteiger partial charge in [0, 0.05) is 26.4 Å². The third kappa shape index (κ3) is 5.00. The van der Waals surface area contributed by atoms with Crippen LogP contribution in [0.1, 0.15) is 21.2 Å². The smallest absolute Gasteiger partial charge is 0.325 e. The highest BCUT2D eigenvalue weighted by atomic mass is 35.5. The van der Waals surface area contributed by atoms with E-state index in [4.69, 9.17) is 11.6 Å². The number of aromatic nitrogens is 1. The Hall–Kier alpha value is -3.39. The van der Waals surface area contributed by atoms with E-state index in [1.54, 1.807) is 24.3 Å². The molecular weight excluding hydrogens is 619 g/mol. The van der Waals surface area contributed by atoms with Crippen molar-refractivity contribution in [2.45, 2.75) is 28.9 Å². The molecule has 41 heavy (non-hydrogen) atoms. The molecule has 14 heteroatoms. The van der Waals surface area contributed by atoms with Crippen LogP contribution in [0.25, 0.3) is 0 Å². The number of nitrogens with zero attached hydrogens (tertiary/aromatic N) is 2. The topological polar surface area (TPSA) is 88.5 Å². The first-order chi connectivity index (χ1) is 19.5. The average molecular weight is 636 g/mol. The minimum Gasteiger partial charge on any atom is -0.325 e. The normalized spacial score (nSPS) is 20.2. The second-order valence-electron chi connectivity index (χ2n) is 9.30. The van der Waals surface area contributed by atoms with Gasteiger partial charge in [-0.1, -0.05) is 46.8 Å². The van der Waals surface area contributed by atoms with Crippen molar-refractivity contribution in [3.8, 4) is 0 Å². The number of thiophene rings is 1. The standard InChI is InChI=1S/C27H17ClF3N3O4S3/c28-14-6-8-16(9-7-14)34-23(36)20-19(17-5-2-10-39-17)22-25(40-21(20)24(34)37)33(26(38)41-22)12-18(35)32-15-4-1-3-13(11-15)27(29,30)31/h1-11,19-21H,12H2,(H,32,35)/t19-,20?,21?/m0/s1. The third-order valence-electron chi connectivity index (χ3n) is 6.76. The summed E-state index contributed by atoms with van der Waals surface area (Å²) in [6, 6.07) is 14.2. The number of fused-ring (bicyclic) bond motifs is 2. The molecule has 4 aromatic rings. The number of benzene rings is 2. The van der Waals surface area contributed by atoms with Crippen molar-refractivity contribution in [2.75, 3.05) is 10.2 Å². The van der Waals surface area contributed by atoms with Crippen LogP contribution in [0, 0.1) is 5.92 Å². The molecular formula is C27H17ClF3N3O4S3. The van der Waals surface area contributed by atoms with E-state index >= 15 is 0 Å². The lowest BCUT2D eigenvalue weighted by Gasteiger charge is -2.29. The summed E-state index contributed by atoms with van der Waals surface area (Å²) in [6.45, 7) is -0.481. The number of amides is 3. The Kier molecular flexibility index (Phi) is 7.09. The molecule has 7 nitrogen and oxygen atoms in total. The lowest BCUT2D eigenvalue weighted by atomic mass is 9.87. The first-order valence-electron chi connectivity index (χ1n) is 12.1. The number of carbonyl (C=O) groups excluding carboxylic acids is 3. The van der Waals surface area contributed by atoms with Crippen molar-refractivity contribution < 1.29 is 27.6 Å². The molecule has 0 spiro atoms. The number of rotatable bonds is 5. The highest BCUT2D eigenvalue weighted by Gasteiger charge is 2.57. The van der Waals surface area contributed by atoms with Crippen molar-refractivity contribution in [3.63, 3.8) is 0 Å². The Morgan fingerprint density at radius 3 is 2.44 bits per heavy atom. The number of anilines is 2. The number of halogens is 4. The Bertz CT molecular complexity index is 1730. The van der Waals surface area contributed by atoms with Gasteiger partial charge in [0.1, 0.15) is 11.8 Å². The van der Waals surface area contributed by atoms with Crippen LogP contribution in [-0.4, -0.2) is 27.5 Å². The minimum absolute atomic E-state index is 0.0682. The minimum atomic E-state index is -4.58. The van der Waals surface area contributed by atoms with Crippen LogP contribution in [-0.2, 0) is 27.1 Å². The zero-order valence-corrected chi connectivity index (χ0v) is 23.8. The number of alkyl halides is 3. The van der Waals surface area contributed by atoms with Crippen LogP contribution in [0.4, 0.5) is 24.5 Å². The highest BCUT2D eigenvalue weighted by molar-refractivity contribution is 8.00. The molecule has 1 N–H and O–H groups in total. The van der Waals surface area contributed by atoms with Crippen LogP contribution in [0.3, 0.4) is 0 Å². The summed E-state index contributed by atoms with van der Waals surface area (Å²) in [7, 11) is 0. The largest absolute Gasteiger partial charge is 0.416 e. The summed E-state index contributed by atoms with van der Waals surface area (Å²) in [4.78, 5) is 55.5. The number of thioether (sulfide) groups is 1. The fraction of sp³-hybridized carbons (Fsp3) is 0.185. The van der Waals surface area contributed by atoms with E-state index in [-0.39, 0.29) is 5.69 Å². The average Bonchev–Trinajstić information content (AvgIpc) is 3.62. The van der Waals surface area contributed by atoms with Crippen molar-refractivity contribution >= 4 is 75.1 Å². The van der Waals surface area contributed by atoms with Gasteiger partial charge in [0.05, 0.1) is 22.2 Å². The Labute approximate surface area is 247 Å². The fourth-order valence-corrected chi connectivity index (χ4v) is 8.84. The summed E-state index contributed by atoms with van der Waals surface area (Å²) < 4.78 is 40.5. The van der Waals surface area contributed by atoms with Crippen LogP contribution in [0.5, 0.6) is 0 Å². The van der Waals surface area contributed by atoms with Gasteiger partial charge in [-0.2, -0.15) is 13.2 Å². The maximum Gasteiger partial charge on any atom is 0.416 e. The molecule has 2 aliphatic rings. The van der Waals surface area contributed by atoms with E-state index in [1.807, 2.05) is 17.5 Å². The van der Waals surface area contributed by atoms with Gasteiger partial charge < -0.3 is 5.32 Å². The van der Waals surface area contributed by atoms with Crippen molar-refractivity contribution in [1.29, 1.82) is 0 Å². The predicted octanol–water partition coefficient (Wildman–Crippen LogP) is 6.08. The molecule has 2 aromatic heterocycles. The first-order valence-corrected chi connectivity index (χ1v) is 15.0. The quantitative estimate of drug-likeness (QED) is 0.269. The molecule has 2 aliphatic heterocycles. The SMILES string of the molecule is O=C(Cn1c2c(sc1=O)[C@@H](c1cccs1)C1C(=O)N(c3ccc(Cl)cc3)C(=O)C1S2)Nc1cccc(C(F)(F)F)c1. The number of nitrogens with one attached hydrogen (secondary N) is 1. The van der Waals surface area contributed by atoms with Gasteiger partial charge in [0.25, 0.3) is 0 Å². The van der Waals surface area contributed by atoms with E-state index in [0.717, 1.165) is 45.0 Å². The van der Waals surface area contributed by atoms with Gasteiger partial charge in [-0.25, -0.2) is 4.90 Å². The van der Waals surface area contributed by atoms with Gasteiger partial charge in [0.15, 0.2) is 0 Å². The number of hydrogen-bond acceptors (Lipinski definition) is 7. The summed E-state index contributed by atoms with van der Waals surface area (Å²) in [6.07, 6.45) is -4.58. The molecule has 6 rings (SSSR count). The summed E-state index contributed by atoms with van der Waals surface area (Å²) in [5, 5.41) is 4.24. The zero-order chi connectivity index (χ0) is 29.1. The number of imide groups is 1. The van der Waals surface area contributed by atoms with Crippen LogP contribution in [0.15, 0.2) is 75.9 Å². The molecule has 0 bridgehead atoms. The summed E-state index contributed by atoms with van der Waals surface area (Å²) in [5.74, 6) is -2.92. The molecule has 2 unspecified atom stereocenters. The monoisotopic (exact) mass is 635 g/mol. The zero-order valence-electron chi connectivity index (χ0n) is 20.6. The van der Waals surface area contributed by atoms with Gasteiger partial charge in [-0.3, -0.25) is 23.7 Å². The Morgan fingerprint density at radius 2 is 1.76 bits per heavy atom. The fourth-order valence-electron chi connectivity index (χ4n) is 4.99. The molecule has 210 valence electrons. The molecule has 1 saturated heterocycles. The second-order valence-corrected chi connectivity index (χ2v) is 12.8. The van der Waals surface area contributed by atoms with Gasteiger partial charge in [0.2, 0.25) is 17.7 Å². The molecule has 0 aliphatic carbocycles. The van der Waals surface area contributed by atoms with Crippen LogP contribution in [0.2, 0.25) is 5.02 Å². The van der Waals surface area contributed by atoms with Crippen LogP contribution < -0.4 is 15.1 Å². The van der Waals surface area contributed by atoms with Crippen molar-refractivity contribution in [1.82, 2.24) is 4.57 Å². The number of thiazole rings is 1. The van der Waals surface area contributed by atoms with Gasteiger partial charge in [-0.15, -0.1) is 11.3 Å². The van der Waals surface area contributed by atoms with Gasteiger partial charge in [-0.05, 0) is 53.9 Å². The second kappa shape index (κ2) is 10.5. The summed E-state index contributed by atoms with van der Waals surface area (Å²) in [5.41, 5.74) is -0.609. The lowest BCUT2D eigenvalue weighted by Crippen LogP contribution is -2.32. The molecule has 2 aromatic carbocycles. The van der Waals surface area contributed by atoms with Crippen molar-refractivity contribution in [2.24, 2.45) is 5.92 Å². The molecule has 3 atom stereocenters. The van der Waals surface area contributed by atoms with E-state index < -0.39 is 58.0 Å². The van der Waals surface area contributed by atoms with E-state index in [2.05, 4.69) is 5.32 Å². The van der Waals surface area contributed by atoms with E-state index in [9.17, 15) is 32.3 Å². The van der Waals surface area contributed by atoms with Gasteiger partial charge >= 0.3 is 11.0 Å². The third-order valence-corrected chi connectivity index (χ3v) is 10.6. The molecule has 3 amide bonds. The maximum atomic E-state index is 13.8. The number of carbonyl (C=O) groups is 3. The Morgan fingerprint density at radius 1 is 1.00 bits per heavy atom. The highest BCUT2D eigenvalue weighted by Crippen LogP contribution is 2.54. The Balaban J connectivity index is 1.35. The van der Waals surface area contributed by atoms with Crippen molar-refractivity contribution in [3.05, 3.63) is 96.1 Å². The van der Waals surface area contributed by atoms with E-state index in [0.29, 0.717) is 20.6 Å². The molecule has 0 radical (unpaired) electrons. The summed E-state index contributed by atoms with van der Waals surface area (Å²) >= 11 is 9.34. The molecule has 1 fully saturated rings. The predicted molar refractivity (Wildman–Crippen MR) is 152 cm³/mol. The maximum absolute atomic E-state index is 13.8. The van der Waals surface area contributed by atoms with E-state index in [1.165, 1.54) is 28.0 Å². The molecule has 4 heterocycles. The molecule has 0 saturated carbocycles. The van der Waals surface area contributed by atoms with Crippen LogP contribution >= 0.6 is 46.0 Å². The first kappa shape index (κ1) is 27.8.